The molecular formula is C26H32O7S. The molecule has 0 saturated carbocycles. The SMILES string of the molecule is C=C(CS(=O)(=O)c1ccc(C)cc1)C(=O)c1ccc(C(=O)CCCOCCOCCOC)cc1. The van der Waals surface area contributed by atoms with E-state index in [1.165, 1.54) is 24.3 Å². The maximum atomic E-state index is 12.7. The predicted molar refractivity (Wildman–Crippen MR) is 130 cm³/mol. The van der Waals surface area contributed by atoms with E-state index >= 15 is 0 Å². The van der Waals surface area contributed by atoms with Crippen LogP contribution in [-0.4, -0.2) is 65.9 Å². The molecule has 0 unspecified atom stereocenters. The van der Waals surface area contributed by atoms with Crippen LogP contribution in [-0.2, 0) is 24.0 Å². The summed E-state index contributed by atoms with van der Waals surface area (Å²) in [5.41, 5.74) is 1.69. The number of hydrogen-bond donors (Lipinski definition) is 0. The Morgan fingerprint density at radius 3 is 2.00 bits per heavy atom. The first-order valence-electron chi connectivity index (χ1n) is 11.0. The van der Waals surface area contributed by atoms with Crippen LogP contribution in [0, 0.1) is 6.92 Å². The monoisotopic (exact) mass is 488 g/mol. The molecule has 0 radical (unpaired) electrons. The van der Waals surface area contributed by atoms with Crippen molar-refractivity contribution in [2.75, 3.05) is 45.9 Å². The van der Waals surface area contributed by atoms with Gasteiger partial charge in [0.2, 0.25) is 0 Å². The molecule has 0 aromatic heterocycles. The molecule has 0 spiro atoms. The molecule has 2 aromatic rings. The summed E-state index contributed by atoms with van der Waals surface area (Å²) in [6.45, 7) is 7.99. The van der Waals surface area contributed by atoms with Crippen LogP contribution in [0.3, 0.4) is 0 Å². The van der Waals surface area contributed by atoms with Gasteiger partial charge in [-0.25, -0.2) is 8.42 Å². The van der Waals surface area contributed by atoms with Gasteiger partial charge in [0.25, 0.3) is 0 Å². The average molecular weight is 489 g/mol. The maximum absolute atomic E-state index is 12.7. The number of Topliss-reactive ketones (excluding diaryl/α,β-unsaturated/α-hetero) is 2. The zero-order chi connectivity index (χ0) is 25.0. The molecule has 2 rings (SSSR count). The lowest BCUT2D eigenvalue weighted by atomic mass is 10.0. The first-order chi connectivity index (χ1) is 16.2. The number of methoxy groups -OCH3 is 1. The maximum Gasteiger partial charge on any atom is 0.189 e. The topological polar surface area (TPSA) is 96.0 Å². The molecule has 34 heavy (non-hydrogen) atoms. The minimum atomic E-state index is -3.67. The highest BCUT2D eigenvalue weighted by molar-refractivity contribution is 7.91. The molecule has 0 fully saturated rings. The highest BCUT2D eigenvalue weighted by Crippen LogP contribution is 2.18. The first kappa shape index (κ1) is 27.6. The lowest BCUT2D eigenvalue weighted by Gasteiger charge is -2.08. The van der Waals surface area contributed by atoms with Crippen molar-refractivity contribution in [1.29, 1.82) is 0 Å². The number of carbonyl (C=O) groups excluding carboxylic acids is 2. The zero-order valence-electron chi connectivity index (χ0n) is 19.7. The fourth-order valence-electron chi connectivity index (χ4n) is 3.08. The third kappa shape index (κ3) is 8.95. The summed E-state index contributed by atoms with van der Waals surface area (Å²) in [5.74, 6) is -0.983. The third-order valence-corrected chi connectivity index (χ3v) is 6.75. The Balaban J connectivity index is 1.80. The predicted octanol–water partition coefficient (Wildman–Crippen LogP) is 3.85. The van der Waals surface area contributed by atoms with Crippen molar-refractivity contribution in [1.82, 2.24) is 0 Å². The lowest BCUT2D eigenvalue weighted by molar-refractivity contribution is 0.0240. The molecule has 0 aliphatic carbocycles. The van der Waals surface area contributed by atoms with Gasteiger partial charge in [-0.15, -0.1) is 0 Å². The first-order valence-corrected chi connectivity index (χ1v) is 12.7. The highest BCUT2D eigenvalue weighted by Gasteiger charge is 2.21. The number of carbonyl (C=O) groups is 2. The number of aryl methyl sites for hydroxylation is 1. The Bertz CT molecular complexity index is 1060. The lowest BCUT2D eigenvalue weighted by Crippen LogP contribution is -2.15. The smallest absolute Gasteiger partial charge is 0.189 e. The summed E-state index contributed by atoms with van der Waals surface area (Å²) in [7, 11) is -2.06. The molecule has 0 atom stereocenters. The van der Waals surface area contributed by atoms with Crippen molar-refractivity contribution < 1.29 is 32.2 Å². The molecule has 184 valence electrons. The average Bonchev–Trinajstić information content (AvgIpc) is 2.82. The molecule has 8 heteroatoms. The van der Waals surface area contributed by atoms with Gasteiger partial charge in [0.1, 0.15) is 0 Å². The summed E-state index contributed by atoms with van der Waals surface area (Å²) < 4.78 is 40.8. The molecular weight excluding hydrogens is 456 g/mol. The van der Waals surface area contributed by atoms with E-state index in [-0.39, 0.29) is 21.8 Å². The van der Waals surface area contributed by atoms with Gasteiger partial charge in [0.05, 0.1) is 37.1 Å². The van der Waals surface area contributed by atoms with Crippen LogP contribution in [0.4, 0.5) is 0 Å². The van der Waals surface area contributed by atoms with E-state index in [1.54, 1.807) is 31.4 Å². The summed E-state index contributed by atoms with van der Waals surface area (Å²) in [5, 5.41) is 0. The van der Waals surface area contributed by atoms with Crippen molar-refractivity contribution in [3.05, 3.63) is 77.4 Å². The van der Waals surface area contributed by atoms with Crippen molar-refractivity contribution in [2.24, 2.45) is 0 Å². The fourth-order valence-corrected chi connectivity index (χ4v) is 4.39. The van der Waals surface area contributed by atoms with E-state index in [0.29, 0.717) is 51.4 Å². The third-order valence-electron chi connectivity index (χ3n) is 5.03. The van der Waals surface area contributed by atoms with Gasteiger partial charge in [-0.2, -0.15) is 0 Å². The van der Waals surface area contributed by atoms with Crippen LogP contribution >= 0.6 is 0 Å². The fraction of sp³-hybridized carbons (Fsp3) is 0.385. The Morgan fingerprint density at radius 1 is 0.824 bits per heavy atom. The molecule has 0 saturated heterocycles. The standard InChI is InChI=1S/C26H32O7S/c1-20-6-12-24(13-7-20)34(29,30)19-21(2)26(28)23-10-8-22(9-11-23)25(27)5-4-14-32-17-18-33-16-15-31-3/h6-13H,2,4-5,14-19H2,1,3H3. The van der Waals surface area contributed by atoms with Gasteiger partial charge in [-0.3, -0.25) is 9.59 Å². The second-order valence-electron chi connectivity index (χ2n) is 7.83. The van der Waals surface area contributed by atoms with Crippen molar-refractivity contribution in [2.45, 2.75) is 24.7 Å². The molecule has 0 amide bonds. The molecule has 0 aliphatic rings. The number of ether oxygens (including phenoxy) is 3. The minimum Gasteiger partial charge on any atom is -0.382 e. The molecule has 0 bridgehead atoms. The summed E-state index contributed by atoms with van der Waals surface area (Å²) in [6, 6.07) is 12.6. The number of hydrogen-bond acceptors (Lipinski definition) is 7. The van der Waals surface area contributed by atoms with Gasteiger partial charge in [-0.05, 0) is 25.5 Å². The molecule has 7 nitrogen and oxygen atoms in total. The van der Waals surface area contributed by atoms with E-state index in [2.05, 4.69) is 6.58 Å². The second kappa shape index (κ2) is 13.9. The van der Waals surface area contributed by atoms with E-state index in [9.17, 15) is 18.0 Å². The molecule has 0 heterocycles. The van der Waals surface area contributed by atoms with Crippen molar-refractivity contribution >= 4 is 21.4 Å². The molecule has 2 aromatic carbocycles. The van der Waals surface area contributed by atoms with Crippen LogP contribution in [0.25, 0.3) is 0 Å². The largest absolute Gasteiger partial charge is 0.382 e. The molecule has 0 aliphatic heterocycles. The second-order valence-corrected chi connectivity index (χ2v) is 9.82. The minimum absolute atomic E-state index is 0.0250. The van der Waals surface area contributed by atoms with E-state index < -0.39 is 21.4 Å². The van der Waals surface area contributed by atoms with E-state index in [4.69, 9.17) is 14.2 Å². The Labute approximate surface area is 201 Å². The van der Waals surface area contributed by atoms with Crippen LogP contribution in [0.2, 0.25) is 0 Å². The molecule has 0 N–H and O–H groups in total. The van der Waals surface area contributed by atoms with Crippen molar-refractivity contribution in [3.8, 4) is 0 Å². The van der Waals surface area contributed by atoms with E-state index in [0.717, 1.165) is 5.56 Å². The van der Waals surface area contributed by atoms with Gasteiger partial charge in [0.15, 0.2) is 21.4 Å². The van der Waals surface area contributed by atoms with E-state index in [1.807, 2.05) is 6.92 Å². The summed E-state index contributed by atoms with van der Waals surface area (Å²) >= 11 is 0. The number of rotatable bonds is 16. The number of ketones is 2. The van der Waals surface area contributed by atoms with Crippen LogP contribution in [0.1, 0.15) is 39.1 Å². The number of sulfone groups is 1. The normalized spacial score (nSPS) is 11.4. The van der Waals surface area contributed by atoms with Crippen LogP contribution < -0.4 is 0 Å². The van der Waals surface area contributed by atoms with Crippen LogP contribution in [0.5, 0.6) is 0 Å². The van der Waals surface area contributed by atoms with Gasteiger partial charge in [-0.1, -0.05) is 48.5 Å². The quantitative estimate of drug-likeness (QED) is 0.201. The van der Waals surface area contributed by atoms with Gasteiger partial charge in [0, 0.05) is 36.8 Å². The summed E-state index contributed by atoms with van der Waals surface area (Å²) in [6.07, 6.45) is 0.893. The van der Waals surface area contributed by atoms with Crippen LogP contribution in [0.15, 0.2) is 65.6 Å². The zero-order valence-corrected chi connectivity index (χ0v) is 20.6. The highest BCUT2D eigenvalue weighted by atomic mass is 32.2. The number of benzene rings is 2. The van der Waals surface area contributed by atoms with Gasteiger partial charge >= 0.3 is 0 Å². The Kier molecular flexibility index (Phi) is 11.3. The Hall–Kier alpha value is -2.65. The summed E-state index contributed by atoms with van der Waals surface area (Å²) in [4.78, 5) is 25.2. The van der Waals surface area contributed by atoms with Crippen molar-refractivity contribution in [3.63, 3.8) is 0 Å². The van der Waals surface area contributed by atoms with Gasteiger partial charge < -0.3 is 14.2 Å². The Morgan fingerprint density at radius 2 is 1.38 bits per heavy atom.